The quantitative estimate of drug-likeness (QED) is 0.648. The van der Waals surface area contributed by atoms with Crippen LogP contribution in [0.5, 0.6) is 0 Å². The van der Waals surface area contributed by atoms with Crippen LogP contribution in [0.3, 0.4) is 0 Å². The van der Waals surface area contributed by atoms with Crippen molar-refractivity contribution >= 4 is 27.9 Å². The first-order chi connectivity index (χ1) is 13.9. The minimum absolute atomic E-state index is 0.0128. The van der Waals surface area contributed by atoms with Crippen molar-refractivity contribution in [2.45, 2.75) is 51.5 Å². The molecule has 1 aliphatic rings. The Balaban J connectivity index is 1.83. The second-order valence-electron chi connectivity index (χ2n) is 7.59. The lowest BCUT2D eigenvalue weighted by molar-refractivity contribution is -0.142. The Morgan fingerprint density at radius 1 is 1.24 bits per heavy atom. The molecule has 0 saturated heterocycles. The molecule has 1 fully saturated rings. The van der Waals surface area contributed by atoms with Gasteiger partial charge in [-0.3, -0.25) is 4.79 Å². The van der Waals surface area contributed by atoms with E-state index < -0.39 is 6.09 Å². The third-order valence-corrected chi connectivity index (χ3v) is 5.86. The van der Waals surface area contributed by atoms with Gasteiger partial charge in [0, 0.05) is 22.4 Å². The number of nitrogens with one attached hydrogen (secondary N) is 2. The molecule has 0 bridgehead atoms. The van der Waals surface area contributed by atoms with Crippen molar-refractivity contribution in [2.24, 2.45) is 5.92 Å². The molecule has 1 saturated carbocycles. The summed E-state index contributed by atoms with van der Waals surface area (Å²) < 4.78 is 5.69. The van der Waals surface area contributed by atoms with Crippen LogP contribution in [0.1, 0.15) is 51.3 Å². The fourth-order valence-electron chi connectivity index (χ4n) is 3.82. The monoisotopic (exact) mass is 462 g/mol. The Morgan fingerprint density at radius 3 is 2.59 bits per heavy atom. The molecule has 0 radical (unpaired) electrons. The molecular weight excluding hydrogens is 436 g/mol. The van der Waals surface area contributed by atoms with Crippen LogP contribution in [0.15, 0.2) is 34.9 Å². The van der Waals surface area contributed by atoms with Gasteiger partial charge in [0.2, 0.25) is 5.91 Å². The molecule has 8 heteroatoms. The Morgan fingerprint density at radius 2 is 1.93 bits per heavy atom. The van der Waals surface area contributed by atoms with Crippen LogP contribution >= 0.6 is 15.9 Å². The van der Waals surface area contributed by atoms with E-state index in [2.05, 4.69) is 36.1 Å². The van der Waals surface area contributed by atoms with Gasteiger partial charge in [-0.15, -0.1) is 0 Å². The number of hydrogen-bond acceptors (Lipinski definition) is 4. The number of nitrogens with zero attached hydrogens (tertiary/aromatic N) is 2. The van der Waals surface area contributed by atoms with E-state index in [0.717, 1.165) is 47.2 Å². The molecular formula is C21H27BrN4O3. The highest BCUT2D eigenvalue weighted by Gasteiger charge is 2.37. The van der Waals surface area contributed by atoms with Gasteiger partial charge in [-0.05, 0) is 44.4 Å². The highest BCUT2D eigenvalue weighted by Crippen LogP contribution is 2.38. The number of rotatable bonds is 4. The molecule has 0 unspecified atom stereocenters. The van der Waals surface area contributed by atoms with Crippen molar-refractivity contribution in [3.05, 3.63) is 40.8 Å². The van der Waals surface area contributed by atoms with E-state index in [4.69, 9.17) is 0 Å². The van der Waals surface area contributed by atoms with Crippen LogP contribution in [0.2, 0.25) is 0 Å². The Kier molecular flexibility index (Phi) is 6.95. The third kappa shape index (κ3) is 4.98. The molecule has 2 N–H and O–H groups in total. The lowest BCUT2D eigenvalue weighted by atomic mass is 9.78. The highest BCUT2D eigenvalue weighted by molar-refractivity contribution is 9.10. The highest BCUT2D eigenvalue weighted by atomic mass is 79.9. The number of carbonyl (C=O) groups excluding carboxylic acids is 2. The predicted octanol–water partition coefficient (Wildman–Crippen LogP) is 4.62. The van der Waals surface area contributed by atoms with E-state index in [1.807, 2.05) is 44.3 Å². The van der Waals surface area contributed by atoms with Gasteiger partial charge in [0.1, 0.15) is 5.82 Å². The number of carbonyl (C=O) groups is 2. The van der Waals surface area contributed by atoms with E-state index in [1.165, 1.54) is 12.1 Å². The minimum atomic E-state index is -0.644. The zero-order valence-electron chi connectivity index (χ0n) is 16.9. The van der Waals surface area contributed by atoms with Crippen LogP contribution in [-0.2, 0) is 9.53 Å². The van der Waals surface area contributed by atoms with Crippen molar-refractivity contribution < 1.29 is 14.3 Å². The number of halogens is 1. The minimum Gasteiger partial charge on any atom is -0.452 e. The van der Waals surface area contributed by atoms with E-state index in [9.17, 15) is 9.59 Å². The van der Waals surface area contributed by atoms with Crippen molar-refractivity contribution in [1.29, 1.82) is 0 Å². The summed E-state index contributed by atoms with van der Waals surface area (Å²) in [6, 6.07) is 7.83. The van der Waals surface area contributed by atoms with Gasteiger partial charge in [-0.25, -0.2) is 20.2 Å². The number of ether oxygens (including phenoxy) is 1. The predicted molar refractivity (Wildman–Crippen MR) is 114 cm³/mol. The molecule has 29 heavy (non-hydrogen) atoms. The summed E-state index contributed by atoms with van der Waals surface area (Å²) in [6.07, 6.45) is 4.86. The molecule has 1 heterocycles. The number of hydrogen-bond donors (Lipinski definition) is 2. The molecule has 1 aliphatic carbocycles. The maximum Gasteiger partial charge on any atom is 0.425 e. The normalized spacial score (nSPS) is 19.1. The Labute approximate surface area is 179 Å². The van der Waals surface area contributed by atoms with Crippen molar-refractivity contribution in [1.82, 2.24) is 20.4 Å². The average Bonchev–Trinajstić information content (AvgIpc) is 3.21. The maximum atomic E-state index is 13.3. The molecule has 0 aliphatic heterocycles. The Hall–Kier alpha value is -2.35. The first-order valence-corrected chi connectivity index (χ1v) is 10.7. The largest absolute Gasteiger partial charge is 0.452 e. The summed E-state index contributed by atoms with van der Waals surface area (Å²) in [4.78, 5) is 33.0. The Bertz CT molecular complexity index is 850. The molecule has 2 aromatic rings. The fraction of sp³-hybridized carbons (Fsp3) is 0.476. The second-order valence-corrected chi connectivity index (χ2v) is 8.51. The zero-order chi connectivity index (χ0) is 21.0. The summed E-state index contributed by atoms with van der Waals surface area (Å²) in [6.45, 7) is 3.73. The van der Waals surface area contributed by atoms with Crippen LogP contribution in [0, 0.1) is 5.92 Å². The first-order valence-electron chi connectivity index (χ1n) is 9.89. The number of hydrazine groups is 1. The fourth-order valence-corrected chi connectivity index (χ4v) is 4.08. The molecule has 1 aromatic heterocycles. The lowest BCUT2D eigenvalue weighted by Crippen LogP contribution is -2.53. The molecule has 0 spiro atoms. The standard InChI is InChI=1S/C21H27BrN4O3/c1-13(2)26(25-21(28)29-3)20(27)17-7-5-4-6-16(17)19-23-12-18(24-19)14-8-10-15(22)11-9-14/h8-13,16-17H,4-7H2,1-3H3,(H,23,24)(H,25,28)/t16-,17-/m0/s1. The SMILES string of the molecule is COC(=O)NN(C(=O)[C@H]1CCCC[C@@H]1c1ncc(-c2ccc(Br)cc2)[nH]1)C(C)C. The summed E-state index contributed by atoms with van der Waals surface area (Å²) in [5.74, 6) is 0.466. The lowest BCUT2D eigenvalue weighted by Gasteiger charge is -2.35. The van der Waals surface area contributed by atoms with Gasteiger partial charge in [-0.2, -0.15) is 0 Å². The number of imidazole rings is 1. The topological polar surface area (TPSA) is 87.3 Å². The molecule has 2 amide bonds. The molecule has 156 valence electrons. The summed E-state index contributed by atoms with van der Waals surface area (Å²) in [5, 5.41) is 1.38. The van der Waals surface area contributed by atoms with Crippen LogP contribution in [0.25, 0.3) is 11.3 Å². The molecule has 1 aromatic carbocycles. The first kappa shape index (κ1) is 21.4. The van der Waals surface area contributed by atoms with Gasteiger partial charge >= 0.3 is 6.09 Å². The van der Waals surface area contributed by atoms with Gasteiger partial charge in [0.15, 0.2) is 0 Å². The van der Waals surface area contributed by atoms with Crippen LogP contribution in [0.4, 0.5) is 4.79 Å². The number of benzene rings is 1. The summed E-state index contributed by atoms with van der Waals surface area (Å²) in [7, 11) is 1.29. The van der Waals surface area contributed by atoms with Gasteiger partial charge in [-0.1, -0.05) is 40.9 Å². The number of aromatic amines is 1. The number of H-pyrrole nitrogens is 1. The van der Waals surface area contributed by atoms with Crippen molar-refractivity contribution in [2.75, 3.05) is 7.11 Å². The third-order valence-electron chi connectivity index (χ3n) is 5.34. The van der Waals surface area contributed by atoms with Crippen LogP contribution < -0.4 is 5.43 Å². The van der Waals surface area contributed by atoms with Crippen molar-refractivity contribution in [3.63, 3.8) is 0 Å². The van der Waals surface area contributed by atoms with Gasteiger partial charge < -0.3 is 9.72 Å². The molecule has 7 nitrogen and oxygen atoms in total. The molecule has 2 atom stereocenters. The van der Waals surface area contributed by atoms with Crippen molar-refractivity contribution in [3.8, 4) is 11.3 Å². The average molecular weight is 463 g/mol. The van der Waals surface area contributed by atoms with E-state index >= 15 is 0 Å². The van der Waals surface area contributed by atoms with E-state index in [1.54, 1.807) is 0 Å². The number of methoxy groups -OCH3 is 1. The number of aromatic nitrogens is 2. The molecule has 3 rings (SSSR count). The smallest absolute Gasteiger partial charge is 0.425 e. The van der Waals surface area contributed by atoms with Gasteiger partial charge in [0.25, 0.3) is 0 Å². The summed E-state index contributed by atoms with van der Waals surface area (Å²) >= 11 is 3.45. The summed E-state index contributed by atoms with van der Waals surface area (Å²) in [5.41, 5.74) is 4.53. The van der Waals surface area contributed by atoms with E-state index in [0.29, 0.717) is 0 Å². The van der Waals surface area contributed by atoms with E-state index in [-0.39, 0.29) is 23.8 Å². The van der Waals surface area contributed by atoms with Crippen LogP contribution in [-0.4, -0.2) is 40.1 Å². The van der Waals surface area contributed by atoms with Gasteiger partial charge in [0.05, 0.1) is 19.0 Å². The second kappa shape index (κ2) is 9.43. The maximum absolute atomic E-state index is 13.3. The zero-order valence-corrected chi connectivity index (χ0v) is 18.5. The number of amides is 2.